The summed E-state index contributed by atoms with van der Waals surface area (Å²) in [6.07, 6.45) is 0.592. The summed E-state index contributed by atoms with van der Waals surface area (Å²) < 4.78 is 4.78. The quantitative estimate of drug-likeness (QED) is 0.758. The minimum Gasteiger partial charge on any atom is -0.508 e. The van der Waals surface area contributed by atoms with Crippen LogP contribution in [0.25, 0.3) is 0 Å². The minimum atomic E-state index is -0.675. The zero-order valence-electron chi connectivity index (χ0n) is 11.3. The molecule has 6 heteroatoms. The normalized spacial score (nSPS) is 20.0. The topological polar surface area (TPSA) is 92.9 Å². The summed E-state index contributed by atoms with van der Waals surface area (Å²) in [5.74, 6) is -0.435. The Hall–Kier alpha value is -2.08. The number of likely N-dealkylation sites (tertiary alicyclic amines) is 1. The molecule has 0 bridgehead atoms. The summed E-state index contributed by atoms with van der Waals surface area (Å²) in [6, 6.07) is 5.60. The molecule has 3 N–H and O–H groups in total. The maximum atomic E-state index is 11.9. The van der Waals surface area contributed by atoms with Crippen LogP contribution >= 0.6 is 0 Å². The lowest BCUT2D eigenvalue weighted by atomic mass is 10.0. The summed E-state index contributed by atoms with van der Waals surface area (Å²) in [7, 11) is 1.30. The molecule has 20 heavy (non-hydrogen) atoms. The maximum absolute atomic E-state index is 11.9. The Morgan fingerprint density at radius 2 is 2.15 bits per heavy atom. The number of benzene rings is 1. The Morgan fingerprint density at radius 3 is 2.65 bits per heavy atom. The fourth-order valence-electron chi connectivity index (χ4n) is 2.37. The van der Waals surface area contributed by atoms with Gasteiger partial charge in [-0.05, 0) is 17.7 Å². The average molecular weight is 278 g/mol. The summed E-state index contributed by atoms with van der Waals surface area (Å²) in [6.45, 7) is 0.358. The number of nitrogens with two attached hydrogens (primary N) is 1. The summed E-state index contributed by atoms with van der Waals surface area (Å²) in [4.78, 5) is 25.3. The van der Waals surface area contributed by atoms with E-state index >= 15 is 0 Å². The highest BCUT2D eigenvalue weighted by Gasteiger charge is 2.36. The smallest absolute Gasteiger partial charge is 0.328 e. The zero-order valence-corrected chi connectivity index (χ0v) is 11.3. The van der Waals surface area contributed by atoms with Crippen molar-refractivity contribution in [1.82, 2.24) is 4.90 Å². The van der Waals surface area contributed by atoms with Gasteiger partial charge in [0.15, 0.2) is 0 Å². The first-order valence-electron chi connectivity index (χ1n) is 6.42. The number of carbonyl (C=O) groups is 2. The first-order chi connectivity index (χ1) is 9.51. The Balaban J connectivity index is 2.18. The number of methoxy groups -OCH3 is 1. The molecule has 1 fully saturated rings. The zero-order chi connectivity index (χ0) is 14.7. The minimum absolute atomic E-state index is 0.133. The van der Waals surface area contributed by atoms with E-state index in [1.54, 1.807) is 24.3 Å². The van der Waals surface area contributed by atoms with Gasteiger partial charge in [0.05, 0.1) is 7.11 Å². The van der Waals surface area contributed by atoms with Crippen LogP contribution in [0.3, 0.4) is 0 Å². The van der Waals surface area contributed by atoms with Crippen molar-refractivity contribution in [2.45, 2.75) is 24.9 Å². The van der Waals surface area contributed by atoms with E-state index in [0.29, 0.717) is 13.0 Å². The molecule has 1 aromatic rings. The summed E-state index contributed by atoms with van der Waals surface area (Å²) >= 11 is 0. The van der Waals surface area contributed by atoms with Crippen molar-refractivity contribution >= 4 is 11.9 Å². The van der Waals surface area contributed by atoms with Crippen LogP contribution in [0.4, 0.5) is 0 Å². The van der Waals surface area contributed by atoms with Crippen LogP contribution in [0.5, 0.6) is 5.75 Å². The van der Waals surface area contributed by atoms with E-state index < -0.39 is 12.0 Å². The Labute approximate surface area is 117 Å². The monoisotopic (exact) mass is 278 g/mol. The van der Waals surface area contributed by atoms with Gasteiger partial charge in [-0.1, -0.05) is 12.1 Å². The van der Waals surface area contributed by atoms with Crippen LogP contribution in [-0.4, -0.2) is 47.6 Å². The van der Waals surface area contributed by atoms with Gasteiger partial charge < -0.3 is 20.5 Å². The predicted octanol–water partition coefficient (Wildman–Crippen LogP) is 0.0359. The Kier molecular flexibility index (Phi) is 4.24. The summed E-state index contributed by atoms with van der Waals surface area (Å²) in [5, 5.41) is 9.26. The first-order valence-corrected chi connectivity index (χ1v) is 6.42. The van der Waals surface area contributed by atoms with Gasteiger partial charge in [-0.3, -0.25) is 4.79 Å². The molecule has 1 unspecified atom stereocenters. The molecule has 1 aliphatic heterocycles. The average Bonchev–Trinajstić information content (AvgIpc) is 2.76. The van der Waals surface area contributed by atoms with Crippen molar-refractivity contribution in [3.63, 3.8) is 0 Å². The van der Waals surface area contributed by atoms with Crippen molar-refractivity contribution in [2.24, 2.45) is 5.73 Å². The second-order valence-electron chi connectivity index (χ2n) is 4.92. The third-order valence-electron chi connectivity index (χ3n) is 3.40. The molecular formula is C14H18N2O4. The van der Waals surface area contributed by atoms with Gasteiger partial charge in [-0.2, -0.15) is 0 Å². The van der Waals surface area contributed by atoms with Gasteiger partial charge in [0.2, 0.25) is 5.91 Å². The second-order valence-corrected chi connectivity index (χ2v) is 4.92. The number of amides is 1. The fourth-order valence-corrected chi connectivity index (χ4v) is 2.37. The molecule has 0 aromatic heterocycles. The largest absolute Gasteiger partial charge is 0.508 e. The van der Waals surface area contributed by atoms with E-state index in [2.05, 4.69) is 0 Å². The van der Waals surface area contributed by atoms with Gasteiger partial charge >= 0.3 is 5.97 Å². The molecule has 2 rings (SSSR count). The molecule has 0 aliphatic carbocycles. The van der Waals surface area contributed by atoms with Crippen molar-refractivity contribution in [2.75, 3.05) is 13.7 Å². The van der Waals surface area contributed by atoms with E-state index in [4.69, 9.17) is 10.5 Å². The third kappa shape index (κ3) is 3.08. The molecule has 6 nitrogen and oxygen atoms in total. The van der Waals surface area contributed by atoms with Crippen molar-refractivity contribution in [3.05, 3.63) is 29.8 Å². The van der Waals surface area contributed by atoms with Crippen LogP contribution in [0.1, 0.15) is 12.0 Å². The molecule has 0 spiro atoms. The fraction of sp³-hybridized carbons (Fsp3) is 0.429. The van der Waals surface area contributed by atoms with Gasteiger partial charge in [0.25, 0.3) is 0 Å². The number of phenolic OH excluding ortho intramolecular Hbond substituents is 1. The number of ether oxygens (including phenoxy) is 1. The number of aromatic hydroxyl groups is 1. The second kappa shape index (κ2) is 5.92. The molecule has 1 aromatic carbocycles. The number of nitrogens with zero attached hydrogens (tertiary/aromatic N) is 1. The van der Waals surface area contributed by atoms with Crippen LogP contribution < -0.4 is 5.73 Å². The Bertz CT molecular complexity index is 500. The predicted molar refractivity (Wildman–Crippen MR) is 71.9 cm³/mol. The molecule has 0 radical (unpaired) electrons. The number of hydrogen-bond donors (Lipinski definition) is 2. The highest BCUT2D eigenvalue weighted by Crippen LogP contribution is 2.19. The molecule has 1 saturated heterocycles. The van der Waals surface area contributed by atoms with E-state index in [-0.39, 0.29) is 24.1 Å². The van der Waals surface area contributed by atoms with Crippen molar-refractivity contribution in [3.8, 4) is 5.75 Å². The number of hydrogen-bond acceptors (Lipinski definition) is 5. The van der Waals surface area contributed by atoms with Gasteiger partial charge in [-0.25, -0.2) is 4.79 Å². The summed E-state index contributed by atoms with van der Waals surface area (Å²) in [5.41, 5.74) is 6.60. The van der Waals surface area contributed by atoms with Crippen LogP contribution in [-0.2, 0) is 20.7 Å². The van der Waals surface area contributed by atoms with Crippen LogP contribution in [0.2, 0.25) is 0 Å². The number of esters is 1. The number of phenols is 1. The third-order valence-corrected chi connectivity index (χ3v) is 3.40. The molecule has 1 heterocycles. The number of rotatable bonds is 4. The van der Waals surface area contributed by atoms with E-state index in [1.807, 2.05) is 0 Å². The first kappa shape index (κ1) is 14.3. The van der Waals surface area contributed by atoms with Crippen LogP contribution in [0.15, 0.2) is 24.3 Å². The standard InChI is InChI=1S/C14H18N2O4/c1-20-14(19)12(16-8-10(15)7-13(16)18)6-9-2-4-11(17)5-3-9/h2-5,10,12,17H,6-8,15H2,1H3/t10?,12-/m0/s1. The number of carbonyl (C=O) groups excluding carboxylic acids is 2. The van der Waals surface area contributed by atoms with Crippen molar-refractivity contribution < 1.29 is 19.4 Å². The highest BCUT2D eigenvalue weighted by atomic mass is 16.5. The van der Waals surface area contributed by atoms with Crippen molar-refractivity contribution in [1.29, 1.82) is 0 Å². The van der Waals surface area contributed by atoms with Gasteiger partial charge in [0.1, 0.15) is 11.8 Å². The van der Waals surface area contributed by atoms with E-state index in [9.17, 15) is 14.7 Å². The molecule has 0 saturated carbocycles. The van der Waals surface area contributed by atoms with E-state index in [0.717, 1.165) is 5.56 Å². The highest BCUT2D eigenvalue weighted by molar-refractivity contribution is 5.86. The van der Waals surface area contributed by atoms with Gasteiger partial charge in [-0.15, -0.1) is 0 Å². The lowest BCUT2D eigenvalue weighted by Gasteiger charge is -2.25. The molecule has 1 amide bonds. The molecule has 1 aliphatic rings. The molecular weight excluding hydrogens is 260 g/mol. The van der Waals surface area contributed by atoms with Crippen LogP contribution in [0, 0.1) is 0 Å². The Morgan fingerprint density at radius 1 is 1.50 bits per heavy atom. The van der Waals surface area contributed by atoms with E-state index in [1.165, 1.54) is 12.0 Å². The lowest BCUT2D eigenvalue weighted by molar-refractivity contribution is -0.151. The molecule has 2 atom stereocenters. The SMILES string of the molecule is COC(=O)[C@H](Cc1ccc(O)cc1)N1CC(N)CC1=O. The maximum Gasteiger partial charge on any atom is 0.328 e. The van der Waals surface area contributed by atoms with Gasteiger partial charge in [0, 0.05) is 25.4 Å². The molecule has 108 valence electrons. The lowest BCUT2D eigenvalue weighted by Crippen LogP contribution is -2.45.